The zero-order valence-corrected chi connectivity index (χ0v) is 14.1. The van der Waals surface area contributed by atoms with Gasteiger partial charge >= 0.3 is 0 Å². The molecule has 7 heteroatoms. The van der Waals surface area contributed by atoms with Gasteiger partial charge in [-0.05, 0) is 38.6 Å². The van der Waals surface area contributed by atoms with Crippen LogP contribution in [0.2, 0.25) is 0 Å². The third-order valence-corrected chi connectivity index (χ3v) is 4.99. The van der Waals surface area contributed by atoms with Crippen molar-refractivity contribution in [2.75, 3.05) is 46.3 Å². The fourth-order valence-electron chi connectivity index (χ4n) is 3.67. The molecule has 2 N–H and O–H groups in total. The highest BCUT2D eigenvalue weighted by molar-refractivity contribution is 6.05. The largest absolute Gasteiger partial charge is 0.364 e. The molecule has 1 aromatic rings. The standard InChI is InChI=1S/C17H25N5O2/c1-20-7-3-4-13(12-20)21-8-10-22(11-9-21)17(24)14-5-2-6-19-15(14)16(18)23/h2,5-6,13H,3-4,7-12H2,1H3,(H2,18,23). The summed E-state index contributed by atoms with van der Waals surface area (Å²) in [6, 6.07) is 3.87. The Morgan fingerprint density at radius 1 is 1.21 bits per heavy atom. The maximum Gasteiger partial charge on any atom is 0.268 e. The Labute approximate surface area is 142 Å². The number of rotatable bonds is 3. The number of amides is 2. The van der Waals surface area contributed by atoms with Crippen molar-refractivity contribution < 1.29 is 9.59 Å². The smallest absolute Gasteiger partial charge is 0.268 e. The van der Waals surface area contributed by atoms with Crippen molar-refractivity contribution in [3.05, 3.63) is 29.6 Å². The molecule has 1 unspecified atom stereocenters. The van der Waals surface area contributed by atoms with Gasteiger partial charge in [-0.15, -0.1) is 0 Å². The molecular formula is C17H25N5O2. The van der Waals surface area contributed by atoms with E-state index < -0.39 is 5.91 Å². The van der Waals surface area contributed by atoms with Crippen LogP contribution in [0.4, 0.5) is 0 Å². The zero-order chi connectivity index (χ0) is 17.1. The van der Waals surface area contributed by atoms with Crippen molar-refractivity contribution in [1.82, 2.24) is 19.7 Å². The van der Waals surface area contributed by atoms with Crippen LogP contribution < -0.4 is 5.73 Å². The molecule has 2 fully saturated rings. The third-order valence-electron chi connectivity index (χ3n) is 4.99. The molecule has 2 aliphatic rings. The summed E-state index contributed by atoms with van der Waals surface area (Å²) in [6.45, 7) is 5.36. The molecule has 0 saturated carbocycles. The average molecular weight is 331 g/mol. The second kappa shape index (κ2) is 7.27. The quantitative estimate of drug-likeness (QED) is 0.845. The maximum absolute atomic E-state index is 12.7. The number of aromatic nitrogens is 1. The van der Waals surface area contributed by atoms with Crippen LogP contribution in [0.25, 0.3) is 0 Å². The van der Waals surface area contributed by atoms with Crippen LogP contribution in [0.3, 0.4) is 0 Å². The number of hydrogen-bond donors (Lipinski definition) is 1. The molecule has 0 radical (unpaired) electrons. The molecule has 1 aromatic heterocycles. The van der Waals surface area contributed by atoms with Gasteiger partial charge in [0.25, 0.3) is 11.8 Å². The Balaban J connectivity index is 1.62. The minimum atomic E-state index is -0.664. The monoisotopic (exact) mass is 331 g/mol. The second-order valence-electron chi connectivity index (χ2n) is 6.65. The van der Waals surface area contributed by atoms with Crippen molar-refractivity contribution in [2.24, 2.45) is 5.73 Å². The first-order chi connectivity index (χ1) is 11.6. The summed E-state index contributed by atoms with van der Waals surface area (Å²) in [5.41, 5.74) is 5.69. The second-order valence-corrected chi connectivity index (χ2v) is 6.65. The van der Waals surface area contributed by atoms with E-state index in [0.29, 0.717) is 24.7 Å². The molecule has 0 aromatic carbocycles. The zero-order valence-electron chi connectivity index (χ0n) is 14.1. The first-order valence-corrected chi connectivity index (χ1v) is 8.53. The predicted octanol–water partition coefficient (Wildman–Crippen LogP) is 0.0325. The lowest BCUT2D eigenvalue weighted by atomic mass is 10.0. The molecular weight excluding hydrogens is 306 g/mol. The minimum Gasteiger partial charge on any atom is -0.364 e. The van der Waals surface area contributed by atoms with Gasteiger partial charge < -0.3 is 15.5 Å². The van der Waals surface area contributed by atoms with E-state index in [9.17, 15) is 9.59 Å². The van der Waals surface area contributed by atoms with Crippen LogP contribution in [-0.4, -0.2) is 83.9 Å². The van der Waals surface area contributed by atoms with E-state index in [1.165, 1.54) is 25.6 Å². The summed E-state index contributed by atoms with van der Waals surface area (Å²) in [4.78, 5) is 34.8. The number of piperazine rings is 1. The van der Waals surface area contributed by atoms with E-state index in [1.54, 1.807) is 17.0 Å². The van der Waals surface area contributed by atoms with Gasteiger partial charge in [-0.2, -0.15) is 0 Å². The van der Waals surface area contributed by atoms with Crippen LogP contribution in [0, 0.1) is 0 Å². The lowest BCUT2D eigenvalue weighted by Gasteiger charge is -2.42. The number of pyridine rings is 1. The van der Waals surface area contributed by atoms with E-state index in [-0.39, 0.29) is 11.6 Å². The number of piperidine rings is 1. The van der Waals surface area contributed by atoms with Gasteiger partial charge in [0.1, 0.15) is 5.69 Å². The third kappa shape index (κ3) is 3.57. The fourth-order valence-corrected chi connectivity index (χ4v) is 3.67. The summed E-state index contributed by atoms with van der Waals surface area (Å²) in [5.74, 6) is -0.819. The molecule has 2 amide bonds. The van der Waals surface area contributed by atoms with Crippen molar-refractivity contribution in [2.45, 2.75) is 18.9 Å². The Bertz CT molecular complexity index is 613. The number of primary amides is 1. The molecule has 0 spiro atoms. The predicted molar refractivity (Wildman–Crippen MR) is 90.8 cm³/mol. The molecule has 130 valence electrons. The van der Waals surface area contributed by atoms with E-state index >= 15 is 0 Å². The maximum atomic E-state index is 12.7. The summed E-state index contributed by atoms with van der Waals surface area (Å²) >= 11 is 0. The van der Waals surface area contributed by atoms with Gasteiger partial charge in [-0.25, -0.2) is 0 Å². The van der Waals surface area contributed by atoms with Gasteiger partial charge in [0.2, 0.25) is 0 Å². The normalized spacial score (nSPS) is 23.2. The molecule has 7 nitrogen and oxygen atoms in total. The van der Waals surface area contributed by atoms with Gasteiger partial charge in [0.15, 0.2) is 0 Å². The molecule has 0 bridgehead atoms. The molecule has 24 heavy (non-hydrogen) atoms. The summed E-state index contributed by atoms with van der Waals surface area (Å²) in [5, 5.41) is 0. The van der Waals surface area contributed by atoms with E-state index in [4.69, 9.17) is 5.73 Å². The molecule has 0 aliphatic carbocycles. The SMILES string of the molecule is CN1CCCC(N2CCN(C(=O)c3cccnc3C(N)=O)CC2)C1. The molecule has 3 rings (SSSR count). The number of carbonyl (C=O) groups excluding carboxylic acids is 2. The molecule has 2 saturated heterocycles. The van der Waals surface area contributed by atoms with Gasteiger partial charge in [-0.1, -0.05) is 0 Å². The number of hydrogen-bond acceptors (Lipinski definition) is 5. The highest BCUT2D eigenvalue weighted by Crippen LogP contribution is 2.18. The Morgan fingerprint density at radius 2 is 1.96 bits per heavy atom. The van der Waals surface area contributed by atoms with Gasteiger partial charge in [0.05, 0.1) is 5.56 Å². The average Bonchev–Trinajstić information content (AvgIpc) is 2.61. The molecule has 3 heterocycles. The Hall–Kier alpha value is -1.99. The highest BCUT2D eigenvalue weighted by Gasteiger charge is 2.30. The lowest BCUT2D eigenvalue weighted by molar-refractivity contribution is 0.0450. The van der Waals surface area contributed by atoms with Crippen LogP contribution in [0.1, 0.15) is 33.7 Å². The van der Waals surface area contributed by atoms with Gasteiger partial charge in [0, 0.05) is 45.0 Å². The van der Waals surface area contributed by atoms with E-state index in [0.717, 1.165) is 19.6 Å². The van der Waals surface area contributed by atoms with Crippen molar-refractivity contribution in [3.63, 3.8) is 0 Å². The number of likely N-dealkylation sites (tertiary alicyclic amines) is 1. The summed E-state index contributed by atoms with van der Waals surface area (Å²) < 4.78 is 0. The summed E-state index contributed by atoms with van der Waals surface area (Å²) in [7, 11) is 2.17. The van der Waals surface area contributed by atoms with Gasteiger partial charge in [-0.3, -0.25) is 19.5 Å². The minimum absolute atomic E-state index is 0.0545. The number of likely N-dealkylation sites (N-methyl/N-ethyl adjacent to an activating group) is 1. The fraction of sp³-hybridized carbons (Fsp3) is 0.588. The topological polar surface area (TPSA) is 82.8 Å². The van der Waals surface area contributed by atoms with Crippen LogP contribution >= 0.6 is 0 Å². The highest BCUT2D eigenvalue weighted by atomic mass is 16.2. The van der Waals surface area contributed by atoms with Crippen LogP contribution in [0.5, 0.6) is 0 Å². The Kier molecular flexibility index (Phi) is 5.11. The number of carbonyl (C=O) groups is 2. The Morgan fingerprint density at radius 3 is 2.62 bits per heavy atom. The van der Waals surface area contributed by atoms with Crippen molar-refractivity contribution in [1.29, 1.82) is 0 Å². The molecule has 1 atom stereocenters. The van der Waals surface area contributed by atoms with E-state index in [1.807, 2.05) is 0 Å². The first-order valence-electron chi connectivity index (χ1n) is 8.53. The van der Waals surface area contributed by atoms with E-state index in [2.05, 4.69) is 21.8 Å². The first kappa shape index (κ1) is 16.9. The molecule has 2 aliphatic heterocycles. The van der Waals surface area contributed by atoms with Crippen LogP contribution in [-0.2, 0) is 0 Å². The lowest BCUT2D eigenvalue weighted by Crippen LogP contribution is -2.55. The summed E-state index contributed by atoms with van der Waals surface area (Å²) in [6.07, 6.45) is 3.94. The van der Waals surface area contributed by atoms with Crippen molar-refractivity contribution >= 4 is 11.8 Å². The van der Waals surface area contributed by atoms with Crippen LogP contribution in [0.15, 0.2) is 18.3 Å². The number of nitrogens with zero attached hydrogens (tertiary/aromatic N) is 4. The van der Waals surface area contributed by atoms with Crippen molar-refractivity contribution in [3.8, 4) is 0 Å². The number of nitrogens with two attached hydrogens (primary N) is 1.